The van der Waals surface area contributed by atoms with Gasteiger partial charge in [-0.2, -0.15) is 0 Å². The third kappa shape index (κ3) is 5.69. The number of para-hydroxylation sites is 1. The van der Waals surface area contributed by atoms with Crippen LogP contribution in [-0.2, 0) is 5.41 Å². The van der Waals surface area contributed by atoms with Gasteiger partial charge in [0.1, 0.15) is 5.82 Å². The van der Waals surface area contributed by atoms with Crippen LogP contribution in [0.2, 0.25) is 0 Å². The molecule has 1 aliphatic rings. The maximum absolute atomic E-state index is 5.33. The molecular weight excluding hydrogens is 739 g/mol. The average Bonchev–Trinajstić information content (AvgIpc) is 3.80. The summed E-state index contributed by atoms with van der Waals surface area (Å²) in [6.07, 6.45) is 0. The van der Waals surface area contributed by atoms with Crippen LogP contribution >= 0.6 is 0 Å². The van der Waals surface area contributed by atoms with Crippen LogP contribution in [0.4, 0.5) is 17.1 Å². The summed E-state index contributed by atoms with van der Waals surface area (Å²) in [5.74, 6) is 0.950. The first-order valence-electron chi connectivity index (χ1n) is 21.1. The largest absolute Gasteiger partial charge is 0.310 e. The molecule has 61 heavy (non-hydrogen) atoms. The molecule has 288 valence electrons. The summed E-state index contributed by atoms with van der Waals surface area (Å²) in [7, 11) is 0. The standard InChI is InChI=1S/C58H41N3/c1-58(2)53-33-44-23-22-41-27-31-48(60(47-30-26-39-16-12-13-19-43(39)32-47)46-28-24-40(25-29-46)38-14-6-3-7-15-38)34-49(41)50(44)35-51(53)52-36-56-55(37-54(52)58)59-57(42-17-8-4-9-18-42)61(56)45-20-10-5-11-21-45/h3-37H,1-2H3. The van der Waals surface area contributed by atoms with Crippen molar-refractivity contribution >= 4 is 60.4 Å². The van der Waals surface area contributed by atoms with Crippen LogP contribution < -0.4 is 4.90 Å². The maximum atomic E-state index is 5.33. The molecule has 0 spiro atoms. The van der Waals surface area contributed by atoms with Crippen molar-refractivity contribution in [1.82, 2.24) is 9.55 Å². The first-order chi connectivity index (χ1) is 30.0. The molecule has 0 bridgehead atoms. The molecule has 0 radical (unpaired) electrons. The van der Waals surface area contributed by atoms with Crippen LogP contribution in [0.15, 0.2) is 212 Å². The van der Waals surface area contributed by atoms with E-state index in [2.05, 4.69) is 236 Å². The van der Waals surface area contributed by atoms with Gasteiger partial charge in [0.2, 0.25) is 0 Å². The molecule has 0 amide bonds. The second-order valence-corrected chi connectivity index (χ2v) is 16.9. The quantitative estimate of drug-likeness (QED) is 0.157. The van der Waals surface area contributed by atoms with E-state index in [-0.39, 0.29) is 5.41 Å². The van der Waals surface area contributed by atoms with Crippen molar-refractivity contribution in [1.29, 1.82) is 0 Å². The summed E-state index contributed by atoms with van der Waals surface area (Å²) in [5, 5.41) is 7.40. The predicted molar refractivity (Wildman–Crippen MR) is 257 cm³/mol. The van der Waals surface area contributed by atoms with Crippen molar-refractivity contribution in [2.24, 2.45) is 0 Å². The monoisotopic (exact) mass is 779 g/mol. The number of fused-ring (bicyclic) bond motifs is 8. The molecule has 0 fully saturated rings. The lowest BCUT2D eigenvalue weighted by Crippen LogP contribution is -2.15. The molecule has 0 aliphatic heterocycles. The second-order valence-electron chi connectivity index (χ2n) is 16.9. The molecule has 1 heterocycles. The Hall–Kier alpha value is -7.75. The smallest absolute Gasteiger partial charge is 0.145 e. The average molecular weight is 780 g/mol. The first-order valence-corrected chi connectivity index (χ1v) is 21.1. The Morgan fingerprint density at radius 2 is 0.951 bits per heavy atom. The Labute approximate surface area is 355 Å². The zero-order chi connectivity index (χ0) is 40.7. The Morgan fingerprint density at radius 1 is 0.410 bits per heavy atom. The summed E-state index contributed by atoms with van der Waals surface area (Å²) in [6.45, 7) is 4.73. The van der Waals surface area contributed by atoms with E-state index in [0.717, 1.165) is 45.2 Å². The van der Waals surface area contributed by atoms with Crippen molar-refractivity contribution < 1.29 is 0 Å². The van der Waals surface area contributed by atoms with E-state index in [1.807, 2.05) is 0 Å². The highest BCUT2D eigenvalue weighted by Crippen LogP contribution is 2.52. The van der Waals surface area contributed by atoms with E-state index >= 15 is 0 Å². The van der Waals surface area contributed by atoms with E-state index in [1.54, 1.807) is 0 Å². The van der Waals surface area contributed by atoms with E-state index < -0.39 is 0 Å². The minimum absolute atomic E-state index is 0.202. The molecule has 10 aromatic carbocycles. The topological polar surface area (TPSA) is 21.1 Å². The van der Waals surface area contributed by atoms with Crippen LogP contribution in [0.25, 0.3) is 82.7 Å². The van der Waals surface area contributed by atoms with Gasteiger partial charge in [-0.25, -0.2) is 4.98 Å². The maximum Gasteiger partial charge on any atom is 0.145 e. The molecule has 12 rings (SSSR count). The number of hydrogen-bond donors (Lipinski definition) is 0. The molecule has 3 nitrogen and oxygen atoms in total. The summed E-state index contributed by atoms with van der Waals surface area (Å²) in [6, 6.07) is 77.3. The van der Waals surface area contributed by atoms with E-state index in [1.165, 1.54) is 65.7 Å². The van der Waals surface area contributed by atoms with Crippen molar-refractivity contribution in [2.45, 2.75) is 19.3 Å². The highest BCUT2D eigenvalue weighted by Gasteiger charge is 2.37. The minimum Gasteiger partial charge on any atom is -0.310 e. The zero-order valence-electron chi connectivity index (χ0n) is 34.0. The lowest BCUT2D eigenvalue weighted by Gasteiger charge is -2.27. The van der Waals surface area contributed by atoms with Gasteiger partial charge < -0.3 is 4.90 Å². The molecule has 3 heteroatoms. The highest BCUT2D eigenvalue weighted by molar-refractivity contribution is 6.12. The number of nitrogens with zero attached hydrogens (tertiary/aromatic N) is 3. The summed E-state index contributed by atoms with van der Waals surface area (Å²) < 4.78 is 2.33. The van der Waals surface area contributed by atoms with Crippen molar-refractivity contribution in [3.8, 4) is 39.3 Å². The third-order valence-electron chi connectivity index (χ3n) is 12.9. The summed E-state index contributed by atoms with van der Waals surface area (Å²) >= 11 is 0. The second kappa shape index (κ2) is 13.7. The van der Waals surface area contributed by atoms with Gasteiger partial charge in [-0.3, -0.25) is 4.57 Å². The van der Waals surface area contributed by atoms with Gasteiger partial charge in [-0.15, -0.1) is 0 Å². The Balaban J connectivity index is 1.05. The molecule has 0 atom stereocenters. The molecule has 1 aromatic heterocycles. The fourth-order valence-corrected chi connectivity index (χ4v) is 9.79. The normalized spacial score (nSPS) is 12.9. The van der Waals surface area contributed by atoms with Gasteiger partial charge in [-0.05, 0) is 138 Å². The molecule has 0 saturated carbocycles. The fourth-order valence-electron chi connectivity index (χ4n) is 9.79. The molecule has 0 unspecified atom stereocenters. The Bertz CT molecular complexity index is 3470. The molecule has 0 N–H and O–H groups in total. The van der Waals surface area contributed by atoms with Gasteiger partial charge in [0.15, 0.2) is 0 Å². The van der Waals surface area contributed by atoms with Gasteiger partial charge >= 0.3 is 0 Å². The summed E-state index contributed by atoms with van der Waals surface area (Å²) in [5.41, 5.74) is 15.1. The third-order valence-corrected chi connectivity index (χ3v) is 12.9. The molecule has 11 aromatic rings. The van der Waals surface area contributed by atoms with E-state index in [9.17, 15) is 0 Å². The molecule has 0 saturated heterocycles. The predicted octanol–water partition coefficient (Wildman–Crippen LogP) is 15.6. The van der Waals surface area contributed by atoms with E-state index in [4.69, 9.17) is 4.98 Å². The van der Waals surface area contributed by atoms with Crippen molar-refractivity contribution in [3.63, 3.8) is 0 Å². The number of anilines is 3. The van der Waals surface area contributed by atoms with Crippen LogP contribution in [-0.4, -0.2) is 9.55 Å². The Morgan fingerprint density at radius 3 is 1.70 bits per heavy atom. The fraction of sp³-hybridized carbons (Fsp3) is 0.0517. The number of hydrogen-bond acceptors (Lipinski definition) is 2. The minimum atomic E-state index is -0.202. The van der Waals surface area contributed by atoms with Crippen molar-refractivity contribution in [2.75, 3.05) is 4.90 Å². The van der Waals surface area contributed by atoms with Gasteiger partial charge in [-0.1, -0.05) is 153 Å². The van der Waals surface area contributed by atoms with Crippen molar-refractivity contribution in [3.05, 3.63) is 223 Å². The van der Waals surface area contributed by atoms with Crippen LogP contribution in [0.1, 0.15) is 25.0 Å². The molecule has 1 aliphatic carbocycles. The first kappa shape index (κ1) is 35.2. The number of imidazole rings is 1. The van der Waals surface area contributed by atoms with Gasteiger partial charge in [0.05, 0.1) is 11.0 Å². The number of benzene rings is 10. The van der Waals surface area contributed by atoms with Crippen LogP contribution in [0, 0.1) is 0 Å². The van der Waals surface area contributed by atoms with Gasteiger partial charge in [0.25, 0.3) is 0 Å². The SMILES string of the molecule is CC1(C)c2cc3ccc4ccc(N(c5ccc(-c6ccccc6)cc5)c5ccc6ccccc6c5)cc4c3cc2-c2cc3c(cc21)nc(-c1ccccc1)n3-c1ccccc1. The highest BCUT2D eigenvalue weighted by atomic mass is 15.1. The van der Waals surface area contributed by atoms with Crippen LogP contribution in [0.5, 0.6) is 0 Å². The lowest BCUT2D eigenvalue weighted by atomic mass is 9.81. The number of rotatable bonds is 6. The van der Waals surface area contributed by atoms with Crippen LogP contribution in [0.3, 0.4) is 0 Å². The number of aromatic nitrogens is 2. The zero-order valence-corrected chi connectivity index (χ0v) is 34.0. The summed E-state index contributed by atoms with van der Waals surface area (Å²) in [4.78, 5) is 7.73. The van der Waals surface area contributed by atoms with E-state index in [0.29, 0.717) is 0 Å². The molecular formula is C58H41N3. The van der Waals surface area contributed by atoms with Gasteiger partial charge in [0, 0.05) is 33.7 Å². The lowest BCUT2D eigenvalue weighted by molar-refractivity contribution is 0.662. The Kier molecular flexibility index (Phi) is 7.88.